The van der Waals surface area contributed by atoms with Crippen LogP contribution in [-0.4, -0.2) is 44.0 Å². The molecule has 2 aliphatic rings. The normalized spacial score (nSPS) is 26.8. The van der Waals surface area contributed by atoms with E-state index in [2.05, 4.69) is 0 Å². The van der Waals surface area contributed by atoms with Gasteiger partial charge in [0.2, 0.25) is 5.91 Å². The number of ether oxygens (including phenoxy) is 1. The topological polar surface area (TPSA) is 68.1 Å². The molecule has 0 bridgehead atoms. The molecule has 1 N–H and O–H groups in total. The molecule has 6 nitrogen and oxygen atoms in total. The predicted molar refractivity (Wildman–Crippen MR) is 92.3 cm³/mol. The lowest BCUT2D eigenvalue weighted by atomic mass is 9.95. The summed E-state index contributed by atoms with van der Waals surface area (Å²) in [7, 11) is 1.41. The summed E-state index contributed by atoms with van der Waals surface area (Å²) in [4.78, 5) is 39.7. The number of anilines is 1. The van der Waals surface area contributed by atoms with Crippen LogP contribution in [0.1, 0.15) is 30.4 Å². The van der Waals surface area contributed by atoms with E-state index >= 15 is 0 Å². The number of carbonyl (C=O) groups excluding carboxylic acids is 3. The number of aryl methyl sites for hydroxylation is 2. The van der Waals surface area contributed by atoms with E-state index in [1.165, 1.54) is 12.0 Å². The smallest absolute Gasteiger partial charge is 0.309 e. The highest BCUT2D eigenvalue weighted by molar-refractivity contribution is 6.22. The molecule has 0 saturated carbocycles. The molecule has 0 unspecified atom stereocenters. The molecule has 6 heteroatoms. The number of methoxy groups -OCH3 is 1. The molecule has 0 aromatic heterocycles. The van der Waals surface area contributed by atoms with E-state index in [4.69, 9.17) is 4.74 Å². The number of quaternary nitrogens is 1. The SMILES string of the molecule is COC(=O)C1CC[NH+]([C@@H]2CC(=O)N(c3c(C)cccc3C)C2=O)CC1. The first-order chi connectivity index (χ1) is 11.9. The molecule has 2 fully saturated rings. The number of imide groups is 1. The molecule has 0 spiro atoms. The van der Waals surface area contributed by atoms with Gasteiger partial charge in [0.1, 0.15) is 0 Å². The van der Waals surface area contributed by atoms with Crippen LogP contribution in [-0.2, 0) is 19.1 Å². The van der Waals surface area contributed by atoms with Crippen molar-refractivity contribution >= 4 is 23.5 Å². The van der Waals surface area contributed by atoms with E-state index < -0.39 is 0 Å². The van der Waals surface area contributed by atoms with Crippen molar-refractivity contribution < 1.29 is 24.0 Å². The van der Waals surface area contributed by atoms with Gasteiger partial charge >= 0.3 is 5.97 Å². The number of carbonyl (C=O) groups is 3. The van der Waals surface area contributed by atoms with Gasteiger partial charge in [-0.15, -0.1) is 0 Å². The number of amides is 2. The predicted octanol–water partition coefficient (Wildman–Crippen LogP) is 0.403. The number of piperidine rings is 1. The Balaban J connectivity index is 1.75. The first-order valence-electron chi connectivity index (χ1n) is 8.79. The molecular weight excluding hydrogens is 320 g/mol. The molecule has 2 saturated heterocycles. The number of esters is 1. The van der Waals surface area contributed by atoms with E-state index in [1.807, 2.05) is 32.0 Å². The number of nitrogens with one attached hydrogen (secondary N) is 1. The minimum Gasteiger partial charge on any atom is -0.469 e. The quantitative estimate of drug-likeness (QED) is 0.636. The van der Waals surface area contributed by atoms with Crippen LogP contribution in [0.25, 0.3) is 0 Å². The average molecular weight is 345 g/mol. The highest BCUT2D eigenvalue weighted by atomic mass is 16.5. The third-order valence-electron chi connectivity index (χ3n) is 5.46. The Kier molecular flexibility index (Phi) is 4.90. The van der Waals surface area contributed by atoms with Gasteiger partial charge in [0.15, 0.2) is 6.04 Å². The Labute approximate surface area is 147 Å². The van der Waals surface area contributed by atoms with Crippen LogP contribution >= 0.6 is 0 Å². The van der Waals surface area contributed by atoms with Gasteiger partial charge in [-0.3, -0.25) is 14.4 Å². The number of hydrogen-bond acceptors (Lipinski definition) is 4. The maximum absolute atomic E-state index is 13.0. The maximum atomic E-state index is 13.0. The zero-order valence-electron chi connectivity index (χ0n) is 15.0. The van der Waals surface area contributed by atoms with Crippen molar-refractivity contribution in [3.05, 3.63) is 29.3 Å². The highest BCUT2D eigenvalue weighted by Gasteiger charge is 2.47. The largest absolute Gasteiger partial charge is 0.469 e. The van der Waals surface area contributed by atoms with E-state index in [9.17, 15) is 14.4 Å². The number of hydrogen-bond donors (Lipinski definition) is 1. The molecule has 134 valence electrons. The molecular formula is C19H25N2O4+. The van der Waals surface area contributed by atoms with Gasteiger partial charge in [0.25, 0.3) is 5.91 Å². The first kappa shape index (κ1) is 17.6. The molecule has 1 aromatic carbocycles. The molecule has 0 radical (unpaired) electrons. The van der Waals surface area contributed by atoms with Crippen LogP contribution in [0.2, 0.25) is 0 Å². The lowest BCUT2D eigenvalue weighted by Crippen LogP contribution is -3.17. The standard InChI is InChI=1S/C19H24N2O4/c1-12-5-4-6-13(2)17(12)21-16(22)11-15(18(21)23)20-9-7-14(8-10-20)19(24)25-3/h4-6,14-15H,7-11H2,1-3H3/p+1/t15-/m1/s1. The number of rotatable bonds is 3. The second-order valence-electron chi connectivity index (χ2n) is 7.02. The van der Waals surface area contributed by atoms with Crippen molar-refractivity contribution in [1.82, 2.24) is 0 Å². The molecule has 0 aliphatic carbocycles. The Morgan fingerprint density at radius 3 is 2.32 bits per heavy atom. The summed E-state index contributed by atoms with van der Waals surface area (Å²) in [6, 6.07) is 5.43. The van der Waals surface area contributed by atoms with Crippen molar-refractivity contribution in [2.75, 3.05) is 25.1 Å². The van der Waals surface area contributed by atoms with Gasteiger partial charge < -0.3 is 9.64 Å². The lowest BCUT2D eigenvalue weighted by Gasteiger charge is -2.31. The average Bonchev–Trinajstić information content (AvgIpc) is 2.89. The fraction of sp³-hybridized carbons (Fsp3) is 0.526. The van der Waals surface area contributed by atoms with E-state index in [-0.39, 0.29) is 36.2 Å². The number of benzene rings is 1. The molecule has 3 rings (SSSR count). The van der Waals surface area contributed by atoms with Crippen molar-refractivity contribution in [1.29, 1.82) is 0 Å². The van der Waals surface area contributed by atoms with Gasteiger partial charge in [-0.05, 0) is 25.0 Å². The minimum absolute atomic E-state index is 0.0873. The van der Waals surface area contributed by atoms with Gasteiger partial charge in [0.05, 0.1) is 38.2 Å². The van der Waals surface area contributed by atoms with Gasteiger partial charge in [0, 0.05) is 12.8 Å². The molecule has 25 heavy (non-hydrogen) atoms. The molecule has 2 heterocycles. The Bertz CT molecular complexity index is 687. The van der Waals surface area contributed by atoms with Crippen LogP contribution in [0.5, 0.6) is 0 Å². The summed E-state index contributed by atoms with van der Waals surface area (Å²) in [5.74, 6) is -0.510. The molecule has 1 atom stereocenters. The Morgan fingerprint density at radius 1 is 1.16 bits per heavy atom. The zero-order chi connectivity index (χ0) is 18.1. The van der Waals surface area contributed by atoms with Gasteiger partial charge in [-0.1, -0.05) is 18.2 Å². The molecule has 2 aliphatic heterocycles. The fourth-order valence-electron chi connectivity index (χ4n) is 4.08. The van der Waals surface area contributed by atoms with Crippen LogP contribution in [0, 0.1) is 19.8 Å². The third kappa shape index (κ3) is 3.18. The second kappa shape index (κ2) is 6.96. The van der Waals surface area contributed by atoms with Gasteiger partial charge in [-0.2, -0.15) is 0 Å². The summed E-state index contributed by atoms with van der Waals surface area (Å²) < 4.78 is 4.81. The van der Waals surface area contributed by atoms with Crippen LogP contribution in [0.15, 0.2) is 18.2 Å². The molecule has 2 amide bonds. The Morgan fingerprint density at radius 2 is 1.76 bits per heavy atom. The van der Waals surface area contributed by atoms with Crippen LogP contribution < -0.4 is 9.80 Å². The summed E-state index contributed by atoms with van der Waals surface area (Å²) in [6.45, 7) is 5.27. The fourth-order valence-corrected chi connectivity index (χ4v) is 4.08. The number of likely N-dealkylation sites (tertiary alicyclic amines) is 1. The zero-order valence-corrected chi connectivity index (χ0v) is 15.0. The summed E-state index contributed by atoms with van der Waals surface area (Å²) in [6.07, 6.45) is 1.64. The monoisotopic (exact) mass is 345 g/mol. The van der Waals surface area contributed by atoms with Gasteiger partial charge in [-0.25, -0.2) is 4.90 Å². The lowest BCUT2D eigenvalue weighted by molar-refractivity contribution is -0.920. The van der Waals surface area contributed by atoms with Crippen molar-refractivity contribution in [3.8, 4) is 0 Å². The number of nitrogens with zero attached hydrogens (tertiary/aromatic N) is 1. The van der Waals surface area contributed by atoms with Crippen molar-refractivity contribution in [2.45, 2.75) is 39.2 Å². The Hall–Kier alpha value is -2.21. The van der Waals surface area contributed by atoms with E-state index in [0.717, 1.165) is 21.7 Å². The van der Waals surface area contributed by atoms with E-state index in [0.29, 0.717) is 25.9 Å². The second-order valence-corrected chi connectivity index (χ2v) is 7.02. The summed E-state index contributed by atoms with van der Waals surface area (Å²) >= 11 is 0. The van der Waals surface area contributed by atoms with Crippen molar-refractivity contribution in [3.63, 3.8) is 0 Å². The summed E-state index contributed by atoms with van der Waals surface area (Å²) in [5, 5.41) is 0. The van der Waals surface area contributed by atoms with E-state index in [1.54, 1.807) is 0 Å². The molecule has 1 aromatic rings. The first-order valence-corrected chi connectivity index (χ1v) is 8.79. The van der Waals surface area contributed by atoms with Crippen molar-refractivity contribution in [2.24, 2.45) is 5.92 Å². The number of para-hydroxylation sites is 1. The summed E-state index contributed by atoms with van der Waals surface area (Å²) in [5.41, 5.74) is 2.59. The van der Waals surface area contributed by atoms with Crippen LogP contribution in [0.4, 0.5) is 5.69 Å². The van der Waals surface area contributed by atoms with Crippen LogP contribution in [0.3, 0.4) is 0 Å². The minimum atomic E-state index is -0.342. The highest BCUT2D eigenvalue weighted by Crippen LogP contribution is 2.29. The maximum Gasteiger partial charge on any atom is 0.309 e. The third-order valence-corrected chi connectivity index (χ3v) is 5.46.